The number of hydrogen-bond donors (Lipinski definition) is 1. The third-order valence-corrected chi connectivity index (χ3v) is 6.83. The Labute approximate surface area is 236 Å². The van der Waals surface area contributed by atoms with Gasteiger partial charge in [0, 0.05) is 24.7 Å². The summed E-state index contributed by atoms with van der Waals surface area (Å²) in [5, 5.41) is 3.34. The van der Waals surface area contributed by atoms with Gasteiger partial charge in [0.05, 0.1) is 26.2 Å². The lowest BCUT2D eigenvalue weighted by molar-refractivity contribution is -0.274. The monoisotopic (exact) mass is 572 g/mol. The minimum atomic E-state index is -4.85. The quantitative estimate of drug-likeness (QED) is 0.333. The molecule has 1 aliphatic rings. The number of likely N-dealkylation sites (tertiary alicyclic amines) is 1. The summed E-state index contributed by atoms with van der Waals surface area (Å²) >= 11 is 0. The lowest BCUT2D eigenvalue weighted by atomic mass is 9.84. The molecule has 3 unspecified atom stereocenters. The molecule has 0 spiro atoms. The second-order valence-corrected chi connectivity index (χ2v) is 9.51. The second kappa shape index (κ2) is 13.4. The molecule has 0 aliphatic carbocycles. The maximum Gasteiger partial charge on any atom is 0.573 e. The minimum absolute atomic E-state index is 0.0435. The molecule has 0 bridgehead atoms. The molecule has 4 rings (SSSR count). The number of benzene rings is 3. The fourth-order valence-electron chi connectivity index (χ4n) is 4.99. The van der Waals surface area contributed by atoms with E-state index >= 15 is 0 Å². The lowest BCUT2D eigenvalue weighted by Crippen LogP contribution is -2.54. The molecular formula is C30H31F3N2O6. The molecule has 3 aromatic rings. The molecule has 0 aromatic heterocycles. The SMILES string of the molecule is COC(=O)C1CC(NCc2cc(OC(F)(F)F)ccc2OC)C(c2ccccc2)N(C(=O)OCc2ccccc2)C1. The molecule has 1 fully saturated rings. The van der Waals surface area contributed by atoms with Crippen molar-refractivity contribution in [2.75, 3.05) is 20.8 Å². The molecule has 1 N–H and O–H groups in total. The number of carbonyl (C=O) groups excluding carboxylic acids is 2. The van der Waals surface area contributed by atoms with Crippen LogP contribution in [0, 0.1) is 5.92 Å². The molecule has 11 heteroatoms. The molecule has 41 heavy (non-hydrogen) atoms. The van der Waals surface area contributed by atoms with Gasteiger partial charge in [-0.05, 0) is 35.7 Å². The van der Waals surface area contributed by atoms with E-state index in [1.807, 2.05) is 60.7 Å². The Morgan fingerprint density at radius 2 is 1.66 bits per heavy atom. The van der Waals surface area contributed by atoms with Crippen molar-refractivity contribution in [3.05, 3.63) is 95.6 Å². The average Bonchev–Trinajstić information content (AvgIpc) is 2.98. The zero-order chi connectivity index (χ0) is 29.4. The Morgan fingerprint density at radius 3 is 2.29 bits per heavy atom. The topological polar surface area (TPSA) is 86.3 Å². The molecule has 0 saturated carbocycles. The molecule has 1 aliphatic heterocycles. The van der Waals surface area contributed by atoms with Crippen molar-refractivity contribution in [3.8, 4) is 11.5 Å². The van der Waals surface area contributed by atoms with Crippen LogP contribution in [0.5, 0.6) is 11.5 Å². The van der Waals surface area contributed by atoms with Gasteiger partial charge >= 0.3 is 18.4 Å². The van der Waals surface area contributed by atoms with Gasteiger partial charge in [-0.3, -0.25) is 9.69 Å². The summed E-state index contributed by atoms with van der Waals surface area (Å²) in [6.45, 7) is 0.172. The van der Waals surface area contributed by atoms with Crippen LogP contribution in [0.3, 0.4) is 0 Å². The van der Waals surface area contributed by atoms with Crippen molar-refractivity contribution in [3.63, 3.8) is 0 Å². The Balaban J connectivity index is 1.63. The van der Waals surface area contributed by atoms with Crippen molar-refractivity contribution in [1.82, 2.24) is 10.2 Å². The summed E-state index contributed by atoms with van der Waals surface area (Å²) in [5.74, 6) is -1.19. The van der Waals surface area contributed by atoms with Gasteiger partial charge in [0.25, 0.3) is 0 Å². The Kier molecular flexibility index (Phi) is 9.72. The molecule has 0 radical (unpaired) electrons. The molecule has 1 saturated heterocycles. The van der Waals surface area contributed by atoms with Crippen LogP contribution in [-0.4, -0.2) is 50.1 Å². The lowest BCUT2D eigenvalue weighted by Gasteiger charge is -2.44. The van der Waals surface area contributed by atoms with Gasteiger partial charge in [-0.2, -0.15) is 0 Å². The number of ether oxygens (including phenoxy) is 4. The smallest absolute Gasteiger partial charge is 0.496 e. The van der Waals surface area contributed by atoms with E-state index in [9.17, 15) is 22.8 Å². The van der Waals surface area contributed by atoms with Crippen molar-refractivity contribution in [2.45, 2.75) is 38.0 Å². The zero-order valence-corrected chi connectivity index (χ0v) is 22.6. The number of esters is 1. The molecule has 1 heterocycles. The van der Waals surface area contributed by atoms with Gasteiger partial charge in [-0.1, -0.05) is 60.7 Å². The number of carbonyl (C=O) groups is 2. The van der Waals surface area contributed by atoms with E-state index in [4.69, 9.17) is 14.2 Å². The van der Waals surface area contributed by atoms with E-state index < -0.39 is 42.2 Å². The number of rotatable bonds is 9. The highest BCUT2D eigenvalue weighted by molar-refractivity contribution is 5.75. The normalized spacial score (nSPS) is 18.9. The number of methoxy groups -OCH3 is 2. The minimum Gasteiger partial charge on any atom is -0.496 e. The van der Waals surface area contributed by atoms with Gasteiger partial charge in [0.1, 0.15) is 18.1 Å². The first-order valence-corrected chi connectivity index (χ1v) is 12.9. The van der Waals surface area contributed by atoms with Crippen LogP contribution in [0.4, 0.5) is 18.0 Å². The van der Waals surface area contributed by atoms with Crippen molar-refractivity contribution in [1.29, 1.82) is 0 Å². The zero-order valence-electron chi connectivity index (χ0n) is 22.6. The Hall–Kier alpha value is -4.25. The fourth-order valence-corrected chi connectivity index (χ4v) is 4.99. The standard InChI is InChI=1S/C30H31F3N2O6/c1-38-26-14-13-24(41-30(31,32)33)15-22(26)17-34-25-16-23(28(36)39-2)18-35(27(25)21-11-7-4-8-12-21)29(37)40-19-20-9-5-3-6-10-20/h3-15,23,25,27,34H,16-19H2,1-2H3. The van der Waals surface area contributed by atoms with Crippen LogP contribution in [0.25, 0.3) is 0 Å². The van der Waals surface area contributed by atoms with Gasteiger partial charge in [0.2, 0.25) is 0 Å². The number of hydrogen-bond acceptors (Lipinski definition) is 7. The summed E-state index contributed by atoms with van der Waals surface area (Å²) in [6, 6.07) is 21.2. The molecule has 1 amide bonds. The summed E-state index contributed by atoms with van der Waals surface area (Å²) in [5.41, 5.74) is 2.01. The third-order valence-electron chi connectivity index (χ3n) is 6.83. The van der Waals surface area contributed by atoms with Crippen LogP contribution >= 0.6 is 0 Å². The van der Waals surface area contributed by atoms with Crippen LogP contribution in [0.15, 0.2) is 78.9 Å². The van der Waals surface area contributed by atoms with Gasteiger partial charge in [-0.15, -0.1) is 13.2 Å². The maximum absolute atomic E-state index is 13.5. The highest BCUT2D eigenvalue weighted by Gasteiger charge is 2.43. The number of piperidine rings is 1. The third kappa shape index (κ3) is 7.91. The maximum atomic E-state index is 13.5. The predicted molar refractivity (Wildman–Crippen MR) is 143 cm³/mol. The second-order valence-electron chi connectivity index (χ2n) is 9.51. The number of nitrogens with zero attached hydrogens (tertiary/aromatic N) is 1. The van der Waals surface area contributed by atoms with E-state index in [0.717, 1.165) is 11.1 Å². The first-order valence-electron chi connectivity index (χ1n) is 12.9. The summed E-state index contributed by atoms with van der Waals surface area (Å²) in [4.78, 5) is 27.7. The van der Waals surface area contributed by atoms with E-state index in [2.05, 4.69) is 10.1 Å². The van der Waals surface area contributed by atoms with Crippen LogP contribution in [0.1, 0.15) is 29.2 Å². The number of amides is 1. The number of alkyl halides is 3. The van der Waals surface area contributed by atoms with Crippen LogP contribution in [-0.2, 0) is 27.4 Å². The van der Waals surface area contributed by atoms with Crippen LogP contribution < -0.4 is 14.8 Å². The number of halogens is 3. The van der Waals surface area contributed by atoms with Gasteiger partial charge in [-0.25, -0.2) is 4.79 Å². The van der Waals surface area contributed by atoms with Crippen molar-refractivity contribution in [2.24, 2.45) is 5.92 Å². The highest BCUT2D eigenvalue weighted by Crippen LogP contribution is 2.36. The summed E-state index contributed by atoms with van der Waals surface area (Å²) < 4.78 is 58.7. The van der Waals surface area contributed by atoms with E-state index in [1.54, 1.807) is 0 Å². The molecule has 218 valence electrons. The largest absolute Gasteiger partial charge is 0.573 e. The highest BCUT2D eigenvalue weighted by atomic mass is 19.4. The van der Waals surface area contributed by atoms with E-state index in [-0.39, 0.29) is 19.7 Å². The molecular weight excluding hydrogens is 541 g/mol. The molecule has 3 atom stereocenters. The fraction of sp³-hybridized carbons (Fsp3) is 0.333. The van der Waals surface area contributed by atoms with Crippen LogP contribution in [0.2, 0.25) is 0 Å². The Bertz CT molecular complexity index is 1310. The summed E-state index contributed by atoms with van der Waals surface area (Å²) in [7, 11) is 2.69. The van der Waals surface area contributed by atoms with Gasteiger partial charge < -0.3 is 24.3 Å². The molecule has 8 nitrogen and oxygen atoms in total. The van der Waals surface area contributed by atoms with E-state index in [1.165, 1.54) is 37.3 Å². The number of nitrogens with one attached hydrogen (secondary N) is 1. The Morgan fingerprint density at radius 1 is 0.976 bits per heavy atom. The first kappa shape index (κ1) is 29.7. The average molecular weight is 573 g/mol. The molecule has 3 aromatic carbocycles. The van der Waals surface area contributed by atoms with Crippen molar-refractivity contribution < 1.29 is 41.7 Å². The first-order chi connectivity index (χ1) is 19.7. The van der Waals surface area contributed by atoms with E-state index in [0.29, 0.717) is 17.7 Å². The van der Waals surface area contributed by atoms with Crippen molar-refractivity contribution >= 4 is 12.1 Å². The summed E-state index contributed by atoms with van der Waals surface area (Å²) in [6.07, 6.45) is -5.16. The van der Waals surface area contributed by atoms with Gasteiger partial charge in [0.15, 0.2) is 0 Å². The predicted octanol–water partition coefficient (Wildman–Crippen LogP) is 5.63.